The zero-order chi connectivity index (χ0) is 10.4. The van der Waals surface area contributed by atoms with E-state index in [4.69, 9.17) is 4.74 Å². The van der Waals surface area contributed by atoms with Gasteiger partial charge in [-0.3, -0.25) is 0 Å². The largest absolute Gasteiger partial charge is 0.378 e. The molecule has 3 unspecified atom stereocenters. The highest BCUT2D eigenvalue weighted by Gasteiger charge is 2.19. The average molecular weight is 199 g/mol. The molecule has 2 heteroatoms. The van der Waals surface area contributed by atoms with Gasteiger partial charge in [0.15, 0.2) is 0 Å². The van der Waals surface area contributed by atoms with E-state index in [0.29, 0.717) is 12.1 Å². The summed E-state index contributed by atoms with van der Waals surface area (Å²) in [7, 11) is 0. The molecule has 1 N–H and O–H groups in total. The molecule has 0 aliphatic carbocycles. The molecule has 1 fully saturated rings. The van der Waals surface area contributed by atoms with Gasteiger partial charge in [-0.1, -0.05) is 13.8 Å². The molecule has 1 aliphatic rings. The normalized spacial score (nSPS) is 26.4. The number of hydrogen-bond donors (Lipinski definition) is 1. The van der Waals surface area contributed by atoms with Crippen molar-refractivity contribution < 1.29 is 4.74 Å². The summed E-state index contributed by atoms with van der Waals surface area (Å²) in [6, 6.07) is 0.649. The van der Waals surface area contributed by atoms with Gasteiger partial charge >= 0.3 is 0 Å². The molecule has 84 valence electrons. The van der Waals surface area contributed by atoms with E-state index in [-0.39, 0.29) is 0 Å². The molecule has 1 rings (SSSR count). The second-order valence-electron chi connectivity index (χ2n) is 4.67. The summed E-state index contributed by atoms with van der Waals surface area (Å²) in [6.45, 7) is 8.85. The molecular weight excluding hydrogens is 174 g/mol. The fourth-order valence-electron chi connectivity index (χ4n) is 2.41. The lowest BCUT2D eigenvalue weighted by atomic mass is 9.95. The van der Waals surface area contributed by atoms with Gasteiger partial charge in [0.1, 0.15) is 0 Å². The minimum absolute atomic E-state index is 0.554. The van der Waals surface area contributed by atoms with Crippen LogP contribution in [-0.2, 0) is 4.74 Å². The average Bonchev–Trinajstić information content (AvgIpc) is 2.56. The zero-order valence-electron chi connectivity index (χ0n) is 9.88. The number of ether oxygens (including phenoxy) is 1. The standard InChI is InChI=1S/C12H25NO/c1-4-13-11(3)8-10(2)9-12-6-5-7-14-12/h10-13H,4-9H2,1-3H3. The summed E-state index contributed by atoms with van der Waals surface area (Å²) < 4.78 is 5.64. The Morgan fingerprint density at radius 2 is 2.21 bits per heavy atom. The molecule has 0 aromatic heterocycles. The summed E-state index contributed by atoms with van der Waals surface area (Å²) in [4.78, 5) is 0. The van der Waals surface area contributed by atoms with Crippen molar-refractivity contribution in [2.45, 2.75) is 58.6 Å². The molecule has 0 spiro atoms. The summed E-state index contributed by atoms with van der Waals surface area (Å²) in [5.74, 6) is 0.784. The highest BCUT2D eigenvalue weighted by Crippen LogP contribution is 2.22. The van der Waals surface area contributed by atoms with Crippen molar-refractivity contribution in [3.8, 4) is 0 Å². The maximum absolute atomic E-state index is 5.64. The van der Waals surface area contributed by atoms with Gasteiger partial charge in [0, 0.05) is 12.6 Å². The van der Waals surface area contributed by atoms with Gasteiger partial charge in [-0.25, -0.2) is 0 Å². The van der Waals surface area contributed by atoms with Crippen LogP contribution in [0.4, 0.5) is 0 Å². The molecule has 14 heavy (non-hydrogen) atoms. The van der Waals surface area contributed by atoms with Crippen LogP contribution < -0.4 is 5.32 Å². The van der Waals surface area contributed by atoms with Gasteiger partial charge in [0.2, 0.25) is 0 Å². The zero-order valence-corrected chi connectivity index (χ0v) is 9.88. The first-order chi connectivity index (χ1) is 6.72. The maximum Gasteiger partial charge on any atom is 0.0578 e. The van der Waals surface area contributed by atoms with Crippen molar-refractivity contribution in [1.29, 1.82) is 0 Å². The van der Waals surface area contributed by atoms with Gasteiger partial charge in [0.05, 0.1) is 6.10 Å². The van der Waals surface area contributed by atoms with Crippen molar-refractivity contribution in [3.05, 3.63) is 0 Å². The van der Waals surface area contributed by atoms with Crippen LogP contribution in [0.2, 0.25) is 0 Å². The van der Waals surface area contributed by atoms with Crippen molar-refractivity contribution in [2.75, 3.05) is 13.2 Å². The Balaban J connectivity index is 2.10. The van der Waals surface area contributed by atoms with E-state index >= 15 is 0 Å². The number of hydrogen-bond acceptors (Lipinski definition) is 2. The SMILES string of the molecule is CCNC(C)CC(C)CC1CCCO1. The fraction of sp³-hybridized carbons (Fsp3) is 1.00. The molecule has 0 bridgehead atoms. The number of rotatable bonds is 6. The van der Waals surface area contributed by atoms with Crippen LogP contribution in [0.5, 0.6) is 0 Å². The second-order valence-corrected chi connectivity index (χ2v) is 4.67. The Hall–Kier alpha value is -0.0800. The van der Waals surface area contributed by atoms with Crippen molar-refractivity contribution in [1.82, 2.24) is 5.32 Å². The quantitative estimate of drug-likeness (QED) is 0.710. The first-order valence-electron chi connectivity index (χ1n) is 6.07. The predicted octanol–water partition coefficient (Wildman–Crippen LogP) is 2.58. The van der Waals surface area contributed by atoms with E-state index in [9.17, 15) is 0 Å². The topological polar surface area (TPSA) is 21.3 Å². The van der Waals surface area contributed by atoms with Crippen LogP contribution in [0.15, 0.2) is 0 Å². The lowest BCUT2D eigenvalue weighted by Gasteiger charge is -2.20. The first-order valence-corrected chi connectivity index (χ1v) is 6.07. The Morgan fingerprint density at radius 3 is 2.79 bits per heavy atom. The highest BCUT2D eigenvalue weighted by molar-refractivity contribution is 4.71. The van der Waals surface area contributed by atoms with E-state index in [2.05, 4.69) is 26.1 Å². The van der Waals surface area contributed by atoms with Crippen LogP contribution in [0, 0.1) is 5.92 Å². The molecule has 0 radical (unpaired) electrons. The van der Waals surface area contributed by atoms with Crippen LogP contribution in [-0.4, -0.2) is 25.3 Å². The third-order valence-corrected chi connectivity index (χ3v) is 3.00. The van der Waals surface area contributed by atoms with Crippen molar-refractivity contribution >= 4 is 0 Å². The molecule has 0 saturated carbocycles. The molecular formula is C12H25NO. The van der Waals surface area contributed by atoms with Crippen LogP contribution in [0.25, 0.3) is 0 Å². The lowest BCUT2D eigenvalue weighted by molar-refractivity contribution is 0.0894. The van der Waals surface area contributed by atoms with E-state index < -0.39 is 0 Å². The molecule has 0 aromatic rings. The molecule has 1 aliphatic heterocycles. The minimum atomic E-state index is 0.554. The van der Waals surface area contributed by atoms with E-state index in [1.807, 2.05) is 0 Å². The smallest absolute Gasteiger partial charge is 0.0578 e. The van der Waals surface area contributed by atoms with Gasteiger partial charge < -0.3 is 10.1 Å². The van der Waals surface area contributed by atoms with Gasteiger partial charge in [-0.15, -0.1) is 0 Å². The lowest BCUT2D eigenvalue weighted by Crippen LogP contribution is -2.28. The molecule has 0 amide bonds. The third kappa shape index (κ3) is 4.43. The Labute approximate surface area is 88.4 Å². The van der Waals surface area contributed by atoms with E-state index in [1.54, 1.807) is 0 Å². The molecule has 0 aromatic carbocycles. The summed E-state index contributed by atoms with van der Waals surface area (Å²) in [5.41, 5.74) is 0. The van der Waals surface area contributed by atoms with Crippen LogP contribution >= 0.6 is 0 Å². The Bertz CT molecular complexity index is 143. The molecule has 1 heterocycles. The fourth-order valence-corrected chi connectivity index (χ4v) is 2.41. The molecule has 2 nitrogen and oxygen atoms in total. The second kappa shape index (κ2) is 6.41. The number of nitrogens with one attached hydrogen (secondary N) is 1. The van der Waals surface area contributed by atoms with E-state index in [1.165, 1.54) is 25.7 Å². The van der Waals surface area contributed by atoms with E-state index in [0.717, 1.165) is 19.1 Å². The Morgan fingerprint density at radius 1 is 1.43 bits per heavy atom. The molecule has 3 atom stereocenters. The monoisotopic (exact) mass is 199 g/mol. The predicted molar refractivity (Wildman–Crippen MR) is 60.5 cm³/mol. The van der Waals surface area contributed by atoms with Crippen LogP contribution in [0.1, 0.15) is 46.5 Å². The van der Waals surface area contributed by atoms with Crippen LogP contribution in [0.3, 0.4) is 0 Å². The minimum Gasteiger partial charge on any atom is -0.378 e. The van der Waals surface area contributed by atoms with Gasteiger partial charge in [-0.05, 0) is 45.1 Å². The Kier molecular flexibility index (Phi) is 5.49. The molecule has 1 saturated heterocycles. The highest BCUT2D eigenvalue weighted by atomic mass is 16.5. The third-order valence-electron chi connectivity index (χ3n) is 3.00. The van der Waals surface area contributed by atoms with Gasteiger partial charge in [0.25, 0.3) is 0 Å². The summed E-state index contributed by atoms with van der Waals surface area (Å²) in [5, 5.41) is 3.46. The first kappa shape index (κ1) is 12.0. The van der Waals surface area contributed by atoms with Crippen molar-refractivity contribution in [3.63, 3.8) is 0 Å². The van der Waals surface area contributed by atoms with Crippen molar-refractivity contribution in [2.24, 2.45) is 5.92 Å². The maximum atomic E-state index is 5.64. The summed E-state index contributed by atoms with van der Waals surface area (Å²) >= 11 is 0. The van der Waals surface area contributed by atoms with Gasteiger partial charge in [-0.2, -0.15) is 0 Å². The summed E-state index contributed by atoms with van der Waals surface area (Å²) in [6.07, 6.45) is 5.61.